The van der Waals surface area contributed by atoms with Crippen molar-refractivity contribution in [1.82, 2.24) is 9.62 Å². The Morgan fingerprint density at radius 3 is 2.41 bits per heavy atom. The van der Waals surface area contributed by atoms with Gasteiger partial charge >= 0.3 is 0 Å². The Labute approximate surface area is 197 Å². The molecule has 1 aliphatic carbocycles. The zero-order chi connectivity index (χ0) is 24.0. The van der Waals surface area contributed by atoms with Crippen molar-refractivity contribution in [2.24, 2.45) is 0 Å². The number of hydrogen-bond donors (Lipinski definition) is 1. The topological polar surface area (TPSA) is 64.6 Å². The molecule has 3 aliphatic rings. The maximum absolute atomic E-state index is 15.5. The van der Waals surface area contributed by atoms with E-state index in [1.165, 1.54) is 35.2 Å². The number of alkyl halides is 1. The highest BCUT2D eigenvalue weighted by Crippen LogP contribution is 2.34. The van der Waals surface area contributed by atoms with Crippen molar-refractivity contribution < 1.29 is 31.6 Å². The van der Waals surface area contributed by atoms with Crippen LogP contribution in [0.1, 0.15) is 24.8 Å². The summed E-state index contributed by atoms with van der Waals surface area (Å²) in [5.41, 5.74) is -0.235. The first kappa shape index (κ1) is 23.6. The van der Waals surface area contributed by atoms with Gasteiger partial charge in [-0.3, -0.25) is 4.79 Å². The molecule has 5 nitrogen and oxygen atoms in total. The van der Waals surface area contributed by atoms with Crippen molar-refractivity contribution in [3.8, 4) is 11.1 Å². The van der Waals surface area contributed by atoms with Crippen LogP contribution in [0.5, 0.6) is 0 Å². The molecule has 34 heavy (non-hydrogen) atoms. The number of rotatable bonds is 7. The number of nitrogens with zero attached hydrogens (tertiary/aromatic N) is 1. The van der Waals surface area contributed by atoms with Gasteiger partial charge in [-0.15, -0.1) is 4.72 Å². The van der Waals surface area contributed by atoms with Crippen LogP contribution in [-0.4, -0.2) is 58.1 Å². The Hall–Kier alpha value is -2.14. The summed E-state index contributed by atoms with van der Waals surface area (Å²) >= 11 is -1.47. The van der Waals surface area contributed by atoms with Crippen molar-refractivity contribution in [3.63, 3.8) is 0 Å². The Balaban J connectivity index is 1.46. The first-order valence-corrected chi connectivity index (χ1v) is 12.5. The molecule has 0 spiro atoms. The predicted octanol–water partition coefficient (Wildman–Crippen LogP) is 3.44. The van der Waals surface area contributed by atoms with E-state index in [0.717, 1.165) is 18.9 Å². The number of nitrogens with one attached hydrogen (secondary N) is 1. The van der Waals surface area contributed by atoms with E-state index in [9.17, 15) is 18.1 Å². The Bertz CT molecular complexity index is 1080. The lowest BCUT2D eigenvalue weighted by molar-refractivity contribution is -0.157. The largest absolute Gasteiger partial charge is 0.598 e. The molecule has 1 N–H and O–H groups in total. The van der Waals surface area contributed by atoms with Crippen LogP contribution in [0.15, 0.2) is 36.4 Å². The number of ether oxygens (including phenoxy) is 1. The van der Waals surface area contributed by atoms with Crippen LogP contribution in [0, 0.1) is 17.5 Å². The summed E-state index contributed by atoms with van der Waals surface area (Å²) in [4.78, 5) is 14.3. The van der Waals surface area contributed by atoms with E-state index in [2.05, 4.69) is 4.72 Å². The SMILES string of the molecule is O=C(C1CCO1)N1C[C@H](F)[C@H](N[S+]([O-])C2CC2)[C@@H]1Cc1cccc(-c2cccc(F)c2F)c1F. The molecule has 10 heteroatoms. The molecule has 182 valence electrons. The molecule has 1 saturated carbocycles. The highest BCUT2D eigenvalue weighted by atomic mass is 32.2. The molecule has 0 bridgehead atoms. The van der Waals surface area contributed by atoms with E-state index < -0.39 is 53.2 Å². The highest BCUT2D eigenvalue weighted by molar-refractivity contribution is 7.90. The summed E-state index contributed by atoms with van der Waals surface area (Å²) in [5.74, 6) is -3.42. The molecule has 2 aromatic rings. The molecule has 2 unspecified atom stereocenters. The van der Waals surface area contributed by atoms with Crippen LogP contribution in [-0.2, 0) is 27.3 Å². The molecular formula is C24H24F4N2O3S. The summed E-state index contributed by atoms with van der Waals surface area (Å²) in [5, 5.41) is -0.0522. The Kier molecular flexibility index (Phi) is 6.58. The average Bonchev–Trinajstić information content (AvgIpc) is 3.58. The van der Waals surface area contributed by atoms with Gasteiger partial charge in [0.2, 0.25) is 0 Å². The second-order valence-corrected chi connectivity index (χ2v) is 10.4. The van der Waals surface area contributed by atoms with Crippen LogP contribution in [0.4, 0.5) is 17.6 Å². The number of likely N-dealkylation sites (tertiary alicyclic amines) is 1. The molecule has 0 radical (unpaired) electrons. The van der Waals surface area contributed by atoms with E-state index in [1.807, 2.05) is 0 Å². The number of halogens is 4. The third-order valence-corrected chi connectivity index (χ3v) is 8.24. The maximum Gasteiger partial charge on any atom is 0.252 e. The molecule has 2 aliphatic heterocycles. The average molecular weight is 497 g/mol. The summed E-state index contributed by atoms with van der Waals surface area (Å²) in [7, 11) is 0. The fraction of sp³-hybridized carbons (Fsp3) is 0.458. The van der Waals surface area contributed by atoms with E-state index in [4.69, 9.17) is 4.74 Å². The van der Waals surface area contributed by atoms with Crippen molar-refractivity contribution in [2.45, 2.75) is 55.3 Å². The smallest absolute Gasteiger partial charge is 0.252 e. The summed E-state index contributed by atoms with van der Waals surface area (Å²) < 4.78 is 79.3. The van der Waals surface area contributed by atoms with Gasteiger partial charge in [-0.2, -0.15) is 0 Å². The summed E-state index contributed by atoms with van der Waals surface area (Å²) in [6.07, 6.45) is -0.170. The minimum Gasteiger partial charge on any atom is -0.598 e. The van der Waals surface area contributed by atoms with Gasteiger partial charge in [-0.05, 0) is 18.1 Å². The van der Waals surface area contributed by atoms with Gasteiger partial charge in [0, 0.05) is 41.8 Å². The number of carbonyl (C=O) groups excluding carboxylic acids is 1. The monoisotopic (exact) mass is 496 g/mol. The van der Waals surface area contributed by atoms with Gasteiger partial charge in [0.05, 0.1) is 19.2 Å². The normalized spacial score (nSPS) is 27.5. The van der Waals surface area contributed by atoms with Crippen LogP contribution in [0.25, 0.3) is 11.1 Å². The van der Waals surface area contributed by atoms with Gasteiger partial charge in [-0.25, -0.2) is 17.6 Å². The van der Waals surface area contributed by atoms with E-state index >= 15 is 8.78 Å². The van der Waals surface area contributed by atoms with Crippen molar-refractivity contribution in [2.75, 3.05) is 13.2 Å². The highest BCUT2D eigenvalue weighted by Gasteiger charge is 2.50. The van der Waals surface area contributed by atoms with Crippen LogP contribution in [0.2, 0.25) is 0 Å². The molecule has 2 heterocycles. The Morgan fingerprint density at radius 1 is 1.09 bits per heavy atom. The van der Waals surface area contributed by atoms with E-state index in [-0.39, 0.29) is 40.8 Å². The fourth-order valence-electron chi connectivity index (χ4n) is 4.53. The van der Waals surface area contributed by atoms with Crippen molar-refractivity contribution >= 4 is 17.3 Å². The van der Waals surface area contributed by atoms with Crippen LogP contribution < -0.4 is 4.72 Å². The molecule has 2 saturated heterocycles. The minimum atomic E-state index is -1.50. The standard InChI is InChI=1S/C24H24F4N2O3S/c25-17-6-2-5-16(22(17)28)15-4-1-3-13(21(15)27)11-19-23(29-34(32)14-7-8-14)18(26)12-30(19)24(31)20-9-10-33-20/h1-6,14,18-20,23,29H,7-12H2/t18-,19-,20?,23-,34?/m0/s1. The van der Waals surface area contributed by atoms with Gasteiger partial charge in [0.25, 0.3) is 5.91 Å². The lowest BCUT2D eigenvalue weighted by Gasteiger charge is -2.34. The maximum atomic E-state index is 15.5. The quantitative estimate of drug-likeness (QED) is 0.471. The van der Waals surface area contributed by atoms with Gasteiger partial charge in [-0.1, -0.05) is 30.3 Å². The fourth-order valence-corrected chi connectivity index (χ4v) is 5.85. The van der Waals surface area contributed by atoms with Gasteiger partial charge in [0.15, 0.2) is 11.6 Å². The third-order valence-electron chi connectivity index (χ3n) is 6.66. The second-order valence-electron chi connectivity index (χ2n) is 8.95. The zero-order valence-corrected chi connectivity index (χ0v) is 19.0. The molecule has 2 aromatic carbocycles. The first-order chi connectivity index (χ1) is 16.3. The zero-order valence-electron chi connectivity index (χ0n) is 18.2. The van der Waals surface area contributed by atoms with Crippen molar-refractivity contribution in [1.29, 1.82) is 0 Å². The van der Waals surface area contributed by atoms with Crippen LogP contribution in [0.3, 0.4) is 0 Å². The van der Waals surface area contributed by atoms with E-state index in [1.54, 1.807) is 0 Å². The second kappa shape index (κ2) is 9.49. The van der Waals surface area contributed by atoms with Crippen molar-refractivity contribution in [3.05, 3.63) is 59.4 Å². The molecule has 5 atom stereocenters. The molecule has 1 amide bonds. The number of amides is 1. The summed E-state index contributed by atoms with van der Waals surface area (Å²) in [6, 6.07) is 6.05. The minimum absolute atomic E-state index is 0.0522. The molecule has 0 aromatic heterocycles. The lowest BCUT2D eigenvalue weighted by atomic mass is 9.95. The van der Waals surface area contributed by atoms with Gasteiger partial charge in [0.1, 0.15) is 29.4 Å². The number of benzene rings is 2. The lowest BCUT2D eigenvalue weighted by Crippen LogP contribution is -2.53. The van der Waals surface area contributed by atoms with Gasteiger partial charge < -0.3 is 14.2 Å². The molecular weight excluding hydrogens is 472 g/mol. The third kappa shape index (κ3) is 4.44. The Morgan fingerprint density at radius 2 is 1.76 bits per heavy atom. The summed E-state index contributed by atoms with van der Waals surface area (Å²) in [6.45, 7) is 0.222. The van der Waals surface area contributed by atoms with E-state index in [0.29, 0.717) is 13.0 Å². The first-order valence-electron chi connectivity index (χ1n) is 11.3. The molecule has 5 rings (SSSR count). The van der Waals surface area contributed by atoms with Crippen LogP contribution >= 0.6 is 0 Å². The number of carbonyl (C=O) groups is 1. The number of hydrogen-bond acceptors (Lipinski definition) is 4. The predicted molar refractivity (Wildman–Crippen MR) is 118 cm³/mol. The molecule has 3 fully saturated rings.